The molecule has 0 atom stereocenters. The molecule has 0 aliphatic carbocycles. The van der Waals surface area contributed by atoms with Crippen molar-refractivity contribution in [3.8, 4) is 11.3 Å². The second-order valence-corrected chi connectivity index (χ2v) is 6.06. The molecule has 126 valence electrons. The highest BCUT2D eigenvalue weighted by atomic mass is 16.5. The lowest BCUT2D eigenvalue weighted by Gasteiger charge is -1.99. The van der Waals surface area contributed by atoms with E-state index < -0.39 is 0 Å². The summed E-state index contributed by atoms with van der Waals surface area (Å²) in [6.07, 6.45) is 0.913. The molecule has 0 N–H and O–H groups in total. The van der Waals surface area contributed by atoms with E-state index in [0.29, 0.717) is 18.8 Å². The summed E-state index contributed by atoms with van der Waals surface area (Å²) in [6, 6.07) is 19.6. The minimum atomic E-state index is -0.00712. The van der Waals surface area contributed by atoms with Crippen molar-refractivity contribution in [3.63, 3.8) is 0 Å². The van der Waals surface area contributed by atoms with Gasteiger partial charge in [0.2, 0.25) is 0 Å². The van der Waals surface area contributed by atoms with Gasteiger partial charge in [0.1, 0.15) is 5.69 Å². The summed E-state index contributed by atoms with van der Waals surface area (Å²) in [5.41, 5.74) is 3.58. The highest BCUT2D eigenvalue weighted by Gasteiger charge is 2.14. The van der Waals surface area contributed by atoms with Gasteiger partial charge in [-0.25, -0.2) is 4.79 Å². The molecule has 0 fully saturated rings. The van der Waals surface area contributed by atoms with Crippen molar-refractivity contribution in [3.05, 3.63) is 76.8 Å². The molecule has 0 amide bonds. The van der Waals surface area contributed by atoms with E-state index in [-0.39, 0.29) is 5.69 Å². The third-order valence-corrected chi connectivity index (χ3v) is 4.31. The van der Waals surface area contributed by atoms with Crippen molar-refractivity contribution in [1.29, 1.82) is 0 Å². The van der Waals surface area contributed by atoms with Gasteiger partial charge in [0, 0.05) is 18.2 Å². The maximum absolute atomic E-state index is 12.8. The van der Waals surface area contributed by atoms with Crippen molar-refractivity contribution in [1.82, 2.24) is 14.3 Å². The monoisotopic (exact) mass is 333 g/mol. The summed E-state index contributed by atoms with van der Waals surface area (Å²) >= 11 is 0. The minimum Gasteiger partial charge on any atom is -0.356 e. The highest BCUT2D eigenvalue weighted by Crippen LogP contribution is 2.21. The van der Waals surface area contributed by atoms with Gasteiger partial charge in [-0.15, -0.1) is 0 Å². The molecule has 0 unspecified atom stereocenters. The van der Waals surface area contributed by atoms with Crippen LogP contribution in [0.5, 0.6) is 0 Å². The first-order valence-electron chi connectivity index (χ1n) is 8.47. The number of rotatable bonds is 5. The number of hydrogen-bond donors (Lipinski definition) is 0. The highest BCUT2D eigenvalue weighted by molar-refractivity contribution is 5.76. The Labute approximate surface area is 145 Å². The molecule has 0 saturated heterocycles. The Morgan fingerprint density at radius 2 is 1.64 bits per heavy atom. The van der Waals surface area contributed by atoms with Crippen molar-refractivity contribution >= 4 is 11.0 Å². The predicted molar refractivity (Wildman–Crippen MR) is 97.5 cm³/mol. The molecule has 5 heteroatoms. The van der Waals surface area contributed by atoms with Crippen LogP contribution in [0, 0.1) is 0 Å². The molecular weight excluding hydrogens is 314 g/mol. The standard InChI is InChI=1S/C20H19N3O2/c1-2-12-22-17-10-6-7-11-18(17)23(20(22)24)14-16-13-19(25-21-16)15-8-4-3-5-9-15/h3-11,13H,2,12,14H2,1H3. The van der Waals surface area contributed by atoms with E-state index in [1.807, 2.05) is 65.2 Å². The number of aromatic nitrogens is 3. The van der Waals surface area contributed by atoms with E-state index >= 15 is 0 Å². The summed E-state index contributed by atoms with van der Waals surface area (Å²) in [4.78, 5) is 12.8. The van der Waals surface area contributed by atoms with Gasteiger partial charge in [-0.1, -0.05) is 54.5 Å². The van der Waals surface area contributed by atoms with Crippen molar-refractivity contribution < 1.29 is 4.52 Å². The topological polar surface area (TPSA) is 53.0 Å². The summed E-state index contributed by atoms with van der Waals surface area (Å²) in [6.45, 7) is 3.18. The first-order chi connectivity index (χ1) is 12.3. The van der Waals surface area contributed by atoms with Gasteiger partial charge in [0.15, 0.2) is 5.76 Å². The van der Waals surface area contributed by atoms with Gasteiger partial charge >= 0.3 is 5.69 Å². The van der Waals surface area contributed by atoms with Gasteiger partial charge in [0.25, 0.3) is 0 Å². The average Bonchev–Trinajstić information content (AvgIpc) is 3.22. The number of imidazole rings is 1. The smallest absolute Gasteiger partial charge is 0.329 e. The van der Waals surface area contributed by atoms with Gasteiger partial charge in [0.05, 0.1) is 17.6 Å². The number of para-hydroxylation sites is 2. The number of hydrogen-bond acceptors (Lipinski definition) is 3. The van der Waals surface area contributed by atoms with Crippen LogP contribution in [0.1, 0.15) is 19.0 Å². The third-order valence-electron chi connectivity index (χ3n) is 4.31. The zero-order chi connectivity index (χ0) is 17.2. The van der Waals surface area contributed by atoms with E-state index in [1.54, 1.807) is 4.57 Å². The Kier molecular flexibility index (Phi) is 3.98. The number of benzene rings is 2. The van der Waals surface area contributed by atoms with E-state index in [2.05, 4.69) is 12.1 Å². The zero-order valence-corrected chi connectivity index (χ0v) is 14.1. The molecule has 25 heavy (non-hydrogen) atoms. The summed E-state index contributed by atoms with van der Waals surface area (Å²) in [5, 5.41) is 4.15. The van der Waals surface area contributed by atoms with Gasteiger partial charge < -0.3 is 4.52 Å². The fraction of sp³-hybridized carbons (Fsp3) is 0.200. The van der Waals surface area contributed by atoms with Crippen LogP contribution < -0.4 is 5.69 Å². The largest absolute Gasteiger partial charge is 0.356 e. The van der Waals surface area contributed by atoms with Crippen molar-refractivity contribution in [2.24, 2.45) is 0 Å². The lowest BCUT2D eigenvalue weighted by molar-refractivity contribution is 0.421. The molecular formula is C20H19N3O2. The van der Waals surface area contributed by atoms with Crippen LogP contribution in [-0.2, 0) is 13.1 Å². The van der Waals surface area contributed by atoms with Crippen molar-refractivity contribution in [2.75, 3.05) is 0 Å². The number of nitrogens with zero attached hydrogens (tertiary/aromatic N) is 3. The molecule has 0 bridgehead atoms. The molecule has 0 saturated carbocycles. The fourth-order valence-electron chi connectivity index (χ4n) is 3.15. The first kappa shape index (κ1) is 15.4. The summed E-state index contributed by atoms with van der Waals surface area (Å²) in [5.74, 6) is 0.709. The number of aryl methyl sites for hydroxylation is 1. The quantitative estimate of drug-likeness (QED) is 0.556. The van der Waals surface area contributed by atoms with Crippen LogP contribution in [0.25, 0.3) is 22.4 Å². The van der Waals surface area contributed by atoms with Gasteiger partial charge in [-0.05, 0) is 18.6 Å². The van der Waals surface area contributed by atoms with Gasteiger partial charge in [-0.3, -0.25) is 9.13 Å². The Hall–Kier alpha value is -3.08. The molecule has 4 aromatic rings. The lowest BCUT2D eigenvalue weighted by Crippen LogP contribution is -2.24. The molecule has 2 aromatic carbocycles. The Bertz CT molecular complexity index is 1060. The number of fused-ring (bicyclic) bond motifs is 1. The Morgan fingerprint density at radius 3 is 2.36 bits per heavy atom. The predicted octanol–water partition coefficient (Wildman–Crippen LogP) is 3.92. The molecule has 5 nitrogen and oxygen atoms in total. The van der Waals surface area contributed by atoms with Gasteiger partial charge in [-0.2, -0.15) is 0 Å². The lowest BCUT2D eigenvalue weighted by atomic mass is 10.1. The molecule has 0 aliphatic rings. The molecule has 0 aliphatic heterocycles. The third kappa shape index (κ3) is 2.78. The minimum absolute atomic E-state index is 0.00712. The fourth-order valence-corrected chi connectivity index (χ4v) is 3.15. The zero-order valence-electron chi connectivity index (χ0n) is 14.1. The summed E-state index contributed by atoms with van der Waals surface area (Å²) < 4.78 is 9.05. The average molecular weight is 333 g/mol. The maximum atomic E-state index is 12.8. The normalized spacial score (nSPS) is 11.2. The van der Waals surface area contributed by atoms with E-state index in [1.165, 1.54) is 0 Å². The molecule has 2 heterocycles. The van der Waals surface area contributed by atoms with Crippen LogP contribution in [-0.4, -0.2) is 14.3 Å². The Balaban J connectivity index is 1.73. The SMILES string of the molecule is CCCn1c(=O)n(Cc2cc(-c3ccccc3)on2)c2ccccc21. The van der Waals surface area contributed by atoms with Crippen LogP contribution in [0.3, 0.4) is 0 Å². The second kappa shape index (κ2) is 6.43. The van der Waals surface area contributed by atoms with E-state index in [9.17, 15) is 4.79 Å². The summed E-state index contributed by atoms with van der Waals surface area (Å²) in [7, 11) is 0. The Morgan fingerprint density at radius 1 is 0.960 bits per heavy atom. The van der Waals surface area contributed by atoms with Crippen LogP contribution in [0.15, 0.2) is 70.0 Å². The first-order valence-corrected chi connectivity index (χ1v) is 8.47. The van der Waals surface area contributed by atoms with E-state index in [4.69, 9.17) is 4.52 Å². The van der Waals surface area contributed by atoms with Crippen LogP contribution >= 0.6 is 0 Å². The molecule has 0 radical (unpaired) electrons. The molecule has 0 spiro atoms. The van der Waals surface area contributed by atoms with E-state index in [0.717, 1.165) is 28.7 Å². The van der Waals surface area contributed by atoms with Crippen molar-refractivity contribution in [2.45, 2.75) is 26.4 Å². The molecule has 4 rings (SSSR count). The second-order valence-electron chi connectivity index (χ2n) is 6.06. The molecule has 2 aromatic heterocycles. The maximum Gasteiger partial charge on any atom is 0.329 e. The van der Waals surface area contributed by atoms with Crippen LogP contribution in [0.2, 0.25) is 0 Å². The van der Waals surface area contributed by atoms with Crippen LogP contribution in [0.4, 0.5) is 0 Å².